The summed E-state index contributed by atoms with van der Waals surface area (Å²) in [5.41, 5.74) is 6.38. The molecule has 0 radical (unpaired) electrons. The highest BCUT2D eigenvalue weighted by molar-refractivity contribution is 7.89. The van der Waals surface area contributed by atoms with Crippen molar-refractivity contribution >= 4 is 27.5 Å². The zero-order chi connectivity index (χ0) is 22.9. The first-order chi connectivity index (χ1) is 14.7. The van der Waals surface area contributed by atoms with Gasteiger partial charge in [-0.2, -0.15) is 0 Å². The van der Waals surface area contributed by atoms with Gasteiger partial charge in [-0.15, -0.1) is 0 Å². The van der Waals surface area contributed by atoms with E-state index in [1.807, 2.05) is 31.2 Å². The van der Waals surface area contributed by atoms with Crippen molar-refractivity contribution in [2.75, 3.05) is 32.6 Å². The average Bonchev–Trinajstić information content (AvgIpc) is 2.76. The van der Waals surface area contributed by atoms with E-state index >= 15 is 0 Å². The Morgan fingerprint density at radius 2 is 1.55 bits per heavy atom. The minimum Gasteiger partial charge on any atom is -0.493 e. The first-order valence-electron chi connectivity index (χ1n) is 9.35. The molecule has 10 nitrogen and oxygen atoms in total. The molecule has 0 saturated heterocycles. The molecular weight excluding hydrogens is 424 g/mol. The maximum absolute atomic E-state index is 12.4. The van der Waals surface area contributed by atoms with E-state index < -0.39 is 21.8 Å². The number of rotatable bonds is 10. The zero-order valence-electron chi connectivity index (χ0n) is 17.5. The standard InChI is InChI=1S/C20H26N4O6S/c1-14-4-6-15(7-5-14)21-13-20(26)24-23-19(25)10-11-22-31(27,28)16-8-9-17(29-2)18(12-16)30-3/h4-9,12,21-22H,10-11,13H2,1-3H3,(H,23,25)(H,24,26). The van der Waals surface area contributed by atoms with Crippen molar-refractivity contribution in [3.63, 3.8) is 0 Å². The van der Waals surface area contributed by atoms with E-state index in [9.17, 15) is 18.0 Å². The molecule has 2 amide bonds. The number of amides is 2. The van der Waals surface area contributed by atoms with E-state index in [0.717, 1.165) is 11.3 Å². The van der Waals surface area contributed by atoms with Gasteiger partial charge in [-0.3, -0.25) is 20.4 Å². The summed E-state index contributed by atoms with van der Waals surface area (Å²) >= 11 is 0. The van der Waals surface area contributed by atoms with E-state index in [4.69, 9.17) is 9.47 Å². The third-order valence-electron chi connectivity index (χ3n) is 4.16. The lowest BCUT2D eigenvalue weighted by atomic mass is 10.2. The molecule has 168 valence electrons. The van der Waals surface area contributed by atoms with Crippen molar-refractivity contribution in [2.45, 2.75) is 18.2 Å². The van der Waals surface area contributed by atoms with Crippen molar-refractivity contribution in [2.24, 2.45) is 0 Å². The van der Waals surface area contributed by atoms with E-state index in [0.29, 0.717) is 5.75 Å². The van der Waals surface area contributed by atoms with Crippen molar-refractivity contribution < 1.29 is 27.5 Å². The van der Waals surface area contributed by atoms with Crippen LogP contribution in [0.2, 0.25) is 0 Å². The third-order valence-corrected chi connectivity index (χ3v) is 5.61. The summed E-state index contributed by atoms with van der Waals surface area (Å²) in [6.45, 7) is 1.77. The lowest BCUT2D eigenvalue weighted by Crippen LogP contribution is -2.45. The molecule has 11 heteroatoms. The molecule has 0 unspecified atom stereocenters. The Balaban J connectivity index is 1.74. The number of hydrazine groups is 1. The van der Waals surface area contributed by atoms with Gasteiger partial charge in [0.2, 0.25) is 15.9 Å². The summed E-state index contributed by atoms with van der Waals surface area (Å²) in [5.74, 6) is -0.322. The minimum absolute atomic E-state index is 0.0268. The fourth-order valence-electron chi connectivity index (χ4n) is 2.47. The Morgan fingerprint density at radius 1 is 0.903 bits per heavy atom. The van der Waals surface area contributed by atoms with E-state index in [1.54, 1.807) is 0 Å². The number of carbonyl (C=O) groups is 2. The van der Waals surface area contributed by atoms with Gasteiger partial charge in [0, 0.05) is 24.7 Å². The maximum Gasteiger partial charge on any atom is 0.257 e. The Hall–Kier alpha value is -3.31. The molecule has 2 aromatic rings. The molecule has 0 bridgehead atoms. The van der Waals surface area contributed by atoms with Gasteiger partial charge in [-0.1, -0.05) is 17.7 Å². The molecule has 0 aliphatic rings. The number of nitrogens with one attached hydrogen (secondary N) is 4. The van der Waals surface area contributed by atoms with Crippen LogP contribution in [0.1, 0.15) is 12.0 Å². The number of aryl methyl sites for hydroxylation is 1. The molecule has 0 aliphatic heterocycles. The predicted octanol–water partition coefficient (Wildman–Crippen LogP) is 0.940. The molecule has 2 rings (SSSR count). The van der Waals surface area contributed by atoms with Crippen LogP contribution in [0.15, 0.2) is 47.4 Å². The lowest BCUT2D eigenvalue weighted by Gasteiger charge is -2.11. The van der Waals surface area contributed by atoms with E-state index in [2.05, 4.69) is 20.9 Å². The monoisotopic (exact) mass is 450 g/mol. The minimum atomic E-state index is -3.85. The SMILES string of the molecule is COc1ccc(S(=O)(=O)NCCC(=O)NNC(=O)CNc2ccc(C)cc2)cc1OC. The van der Waals surface area contributed by atoms with Gasteiger partial charge in [0.1, 0.15) is 0 Å². The smallest absolute Gasteiger partial charge is 0.257 e. The van der Waals surface area contributed by atoms with Gasteiger partial charge in [0.05, 0.1) is 25.7 Å². The summed E-state index contributed by atoms with van der Waals surface area (Å²) in [7, 11) is -1.01. The van der Waals surface area contributed by atoms with E-state index in [-0.39, 0.29) is 30.2 Å². The molecule has 0 saturated carbocycles. The fourth-order valence-corrected chi connectivity index (χ4v) is 3.51. The molecular formula is C20H26N4O6S. The van der Waals surface area contributed by atoms with Crippen LogP contribution in [0.5, 0.6) is 11.5 Å². The molecule has 0 aliphatic carbocycles. The second-order valence-corrected chi connectivity index (χ2v) is 8.25. The number of ether oxygens (including phenoxy) is 2. The highest BCUT2D eigenvalue weighted by Gasteiger charge is 2.17. The van der Waals surface area contributed by atoms with Crippen molar-refractivity contribution in [3.8, 4) is 11.5 Å². The molecule has 0 spiro atoms. The number of benzene rings is 2. The van der Waals surface area contributed by atoms with Gasteiger partial charge in [0.15, 0.2) is 11.5 Å². The predicted molar refractivity (Wildman–Crippen MR) is 115 cm³/mol. The fraction of sp³-hybridized carbons (Fsp3) is 0.300. The van der Waals surface area contributed by atoms with Gasteiger partial charge in [0.25, 0.3) is 5.91 Å². The number of hydrogen-bond acceptors (Lipinski definition) is 7. The van der Waals surface area contributed by atoms with Gasteiger partial charge in [-0.05, 0) is 31.2 Å². The number of carbonyl (C=O) groups excluding carboxylic acids is 2. The third kappa shape index (κ3) is 7.46. The molecule has 0 heterocycles. The average molecular weight is 451 g/mol. The van der Waals surface area contributed by atoms with Gasteiger partial charge < -0.3 is 14.8 Å². The Kier molecular flexibility index (Phi) is 8.64. The molecule has 31 heavy (non-hydrogen) atoms. The molecule has 0 atom stereocenters. The zero-order valence-corrected chi connectivity index (χ0v) is 18.3. The van der Waals surface area contributed by atoms with Crippen LogP contribution >= 0.6 is 0 Å². The molecule has 4 N–H and O–H groups in total. The first kappa shape index (κ1) is 24.0. The van der Waals surface area contributed by atoms with E-state index in [1.165, 1.54) is 32.4 Å². The van der Waals surface area contributed by atoms with Gasteiger partial charge in [-0.25, -0.2) is 13.1 Å². The van der Waals surface area contributed by atoms with Crippen molar-refractivity contribution in [3.05, 3.63) is 48.0 Å². The highest BCUT2D eigenvalue weighted by atomic mass is 32.2. The van der Waals surface area contributed by atoms with Crippen LogP contribution < -0.4 is 30.4 Å². The summed E-state index contributed by atoms with van der Waals surface area (Å²) in [5, 5.41) is 2.92. The number of methoxy groups -OCH3 is 2. The largest absolute Gasteiger partial charge is 0.493 e. The summed E-state index contributed by atoms with van der Waals surface area (Å²) in [6, 6.07) is 11.7. The number of anilines is 1. The van der Waals surface area contributed by atoms with Crippen LogP contribution in [-0.2, 0) is 19.6 Å². The highest BCUT2D eigenvalue weighted by Crippen LogP contribution is 2.29. The van der Waals surface area contributed by atoms with Crippen LogP contribution in [0.4, 0.5) is 5.69 Å². The Labute approximate surface area is 181 Å². The Bertz CT molecular complexity index is 1010. The first-order valence-corrected chi connectivity index (χ1v) is 10.8. The second-order valence-electron chi connectivity index (χ2n) is 6.48. The molecule has 2 aromatic carbocycles. The van der Waals surface area contributed by atoms with Crippen LogP contribution in [0.3, 0.4) is 0 Å². The van der Waals surface area contributed by atoms with Crippen molar-refractivity contribution in [1.82, 2.24) is 15.6 Å². The quantitative estimate of drug-likeness (QED) is 0.396. The lowest BCUT2D eigenvalue weighted by molar-refractivity contribution is -0.127. The summed E-state index contributed by atoms with van der Waals surface area (Å²) in [6.07, 6.45) is -0.168. The second kappa shape index (κ2) is 11.2. The topological polar surface area (TPSA) is 135 Å². The summed E-state index contributed by atoms with van der Waals surface area (Å²) < 4.78 is 37.2. The maximum atomic E-state index is 12.4. The van der Waals surface area contributed by atoms with Crippen LogP contribution in [-0.4, -0.2) is 47.5 Å². The number of hydrogen-bond donors (Lipinski definition) is 4. The number of sulfonamides is 1. The normalized spacial score (nSPS) is 10.8. The van der Waals surface area contributed by atoms with Gasteiger partial charge >= 0.3 is 0 Å². The molecule has 0 fully saturated rings. The molecule has 0 aromatic heterocycles. The van der Waals surface area contributed by atoms with Crippen molar-refractivity contribution in [1.29, 1.82) is 0 Å². The Morgan fingerprint density at radius 3 is 2.19 bits per heavy atom. The van der Waals surface area contributed by atoms with Crippen LogP contribution in [0, 0.1) is 6.92 Å². The van der Waals surface area contributed by atoms with Crippen LogP contribution in [0.25, 0.3) is 0 Å². The summed E-state index contributed by atoms with van der Waals surface area (Å²) in [4.78, 5) is 23.6.